The molecule has 1 aliphatic heterocycles. The van der Waals surface area contributed by atoms with Crippen LogP contribution in [-0.2, 0) is 4.79 Å². The molecule has 2 N–H and O–H groups in total. The molecule has 0 radical (unpaired) electrons. The zero-order valence-electron chi connectivity index (χ0n) is 15.6. The fourth-order valence-corrected chi connectivity index (χ4v) is 4.57. The predicted molar refractivity (Wildman–Crippen MR) is 110 cm³/mol. The highest BCUT2D eigenvalue weighted by Crippen LogP contribution is 2.36. The van der Waals surface area contributed by atoms with Gasteiger partial charge in [-0.25, -0.2) is 9.97 Å². The molecule has 6 nitrogen and oxygen atoms in total. The lowest BCUT2D eigenvalue weighted by atomic mass is 10.1. The largest absolute Gasteiger partial charge is 0.368 e. The van der Waals surface area contributed by atoms with Gasteiger partial charge in [0.15, 0.2) is 0 Å². The maximum Gasteiger partial charge on any atom is 0.234 e. The number of hydrogen-bond acceptors (Lipinski definition) is 6. The monoisotopic (exact) mass is 381 g/mol. The summed E-state index contributed by atoms with van der Waals surface area (Å²) in [5, 5.41) is 1.10. The van der Waals surface area contributed by atoms with Gasteiger partial charge in [-0.1, -0.05) is 30.3 Å². The van der Waals surface area contributed by atoms with Crippen molar-refractivity contribution in [2.75, 3.05) is 31.1 Å². The molecule has 1 amide bonds. The van der Waals surface area contributed by atoms with Crippen LogP contribution in [0.4, 0.5) is 5.82 Å². The van der Waals surface area contributed by atoms with Crippen LogP contribution in [0.25, 0.3) is 20.7 Å². The smallest absolute Gasteiger partial charge is 0.234 e. The van der Waals surface area contributed by atoms with E-state index in [0.29, 0.717) is 0 Å². The van der Waals surface area contributed by atoms with E-state index in [4.69, 9.17) is 10.7 Å². The number of anilines is 1. The number of nitrogens with zero attached hydrogens (tertiary/aromatic N) is 4. The van der Waals surface area contributed by atoms with Gasteiger partial charge < -0.3 is 10.6 Å². The number of amides is 1. The van der Waals surface area contributed by atoms with Crippen LogP contribution in [0, 0.1) is 6.92 Å². The minimum Gasteiger partial charge on any atom is -0.368 e. The van der Waals surface area contributed by atoms with Crippen molar-refractivity contribution in [1.29, 1.82) is 0 Å². The molecule has 1 atom stereocenters. The minimum atomic E-state index is -0.269. The van der Waals surface area contributed by atoms with E-state index in [0.717, 1.165) is 48.0 Å². The molecule has 1 aromatic carbocycles. The first-order valence-corrected chi connectivity index (χ1v) is 9.96. The van der Waals surface area contributed by atoms with Crippen LogP contribution in [-0.4, -0.2) is 53.0 Å². The third-order valence-electron chi connectivity index (χ3n) is 5.12. The van der Waals surface area contributed by atoms with Crippen LogP contribution in [0.2, 0.25) is 0 Å². The number of thiophene rings is 1. The molecular weight excluding hydrogens is 358 g/mol. The average Bonchev–Trinajstić information content (AvgIpc) is 3.11. The molecular formula is C20H23N5OS. The first-order chi connectivity index (χ1) is 13.0. The van der Waals surface area contributed by atoms with Gasteiger partial charge in [0.05, 0.1) is 11.4 Å². The standard InChI is InChI=1S/C20H23N5OS/c1-13(18(21)26)24-8-10-25(11-9-24)19-16-12-17(15-6-4-3-5-7-15)27-20(16)23-14(2)22-19/h3-7,12-13H,8-11H2,1-2H3,(H2,21,26). The number of carbonyl (C=O) groups is 1. The number of nitrogens with two attached hydrogens (primary N) is 1. The highest BCUT2D eigenvalue weighted by molar-refractivity contribution is 7.21. The van der Waals surface area contributed by atoms with Gasteiger partial charge in [-0.3, -0.25) is 9.69 Å². The van der Waals surface area contributed by atoms with Crippen molar-refractivity contribution in [3.63, 3.8) is 0 Å². The van der Waals surface area contributed by atoms with Crippen molar-refractivity contribution in [1.82, 2.24) is 14.9 Å². The van der Waals surface area contributed by atoms with Crippen molar-refractivity contribution in [2.24, 2.45) is 5.73 Å². The summed E-state index contributed by atoms with van der Waals surface area (Å²) < 4.78 is 0. The Morgan fingerprint density at radius 1 is 1.15 bits per heavy atom. The third kappa shape index (κ3) is 3.52. The zero-order valence-corrected chi connectivity index (χ0v) is 16.4. The number of carbonyl (C=O) groups excluding carboxylic acids is 1. The number of primary amides is 1. The number of benzene rings is 1. The molecule has 0 bridgehead atoms. The summed E-state index contributed by atoms with van der Waals surface area (Å²) in [6.45, 7) is 7.04. The number of rotatable bonds is 4. The number of fused-ring (bicyclic) bond motifs is 1. The van der Waals surface area contributed by atoms with Crippen molar-refractivity contribution >= 4 is 33.3 Å². The molecule has 1 saturated heterocycles. The molecule has 3 aromatic rings. The van der Waals surface area contributed by atoms with E-state index in [9.17, 15) is 4.79 Å². The topological polar surface area (TPSA) is 75.3 Å². The minimum absolute atomic E-state index is 0.231. The second kappa shape index (κ2) is 7.25. The Morgan fingerprint density at radius 3 is 2.52 bits per heavy atom. The second-order valence-electron chi connectivity index (χ2n) is 6.89. The van der Waals surface area contributed by atoms with E-state index in [-0.39, 0.29) is 11.9 Å². The van der Waals surface area contributed by atoms with Crippen molar-refractivity contribution in [3.05, 3.63) is 42.2 Å². The van der Waals surface area contributed by atoms with Crippen LogP contribution < -0.4 is 10.6 Å². The summed E-state index contributed by atoms with van der Waals surface area (Å²) in [4.78, 5) is 27.5. The lowest BCUT2D eigenvalue weighted by Crippen LogP contribution is -2.53. The Hall–Kier alpha value is -2.51. The summed E-state index contributed by atoms with van der Waals surface area (Å²) >= 11 is 1.70. The first-order valence-electron chi connectivity index (χ1n) is 9.15. The van der Waals surface area contributed by atoms with Crippen molar-refractivity contribution in [3.8, 4) is 10.4 Å². The van der Waals surface area contributed by atoms with Crippen LogP contribution in [0.5, 0.6) is 0 Å². The van der Waals surface area contributed by atoms with Crippen molar-refractivity contribution in [2.45, 2.75) is 19.9 Å². The van der Waals surface area contributed by atoms with Gasteiger partial charge in [-0.05, 0) is 25.5 Å². The Labute approximate surface area is 162 Å². The van der Waals surface area contributed by atoms with Crippen molar-refractivity contribution < 1.29 is 4.79 Å². The number of aromatic nitrogens is 2. The maximum absolute atomic E-state index is 11.5. The molecule has 0 saturated carbocycles. The van der Waals surface area contributed by atoms with Gasteiger partial charge in [0.1, 0.15) is 16.5 Å². The quantitative estimate of drug-likeness (QED) is 0.752. The molecule has 1 unspecified atom stereocenters. The van der Waals surface area contributed by atoms with E-state index < -0.39 is 0 Å². The van der Waals surface area contributed by atoms with E-state index in [1.54, 1.807) is 11.3 Å². The molecule has 0 spiro atoms. The normalized spacial score (nSPS) is 16.6. The first kappa shape index (κ1) is 17.9. The number of hydrogen-bond donors (Lipinski definition) is 1. The summed E-state index contributed by atoms with van der Waals surface area (Å²) in [6, 6.07) is 12.3. The Morgan fingerprint density at radius 2 is 1.85 bits per heavy atom. The summed E-state index contributed by atoms with van der Waals surface area (Å²) in [5.41, 5.74) is 6.65. The maximum atomic E-state index is 11.5. The molecule has 2 aromatic heterocycles. The van der Waals surface area contributed by atoms with Gasteiger partial charge in [0, 0.05) is 31.1 Å². The Bertz CT molecular complexity index is 963. The Balaban J connectivity index is 1.64. The highest BCUT2D eigenvalue weighted by atomic mass is 32.1. The fraction of sp³-hybridized carbons (Fsp3) is 0.350. The van der Waals surface area contributed by atoms with Gasteiger partial charge in [0.2, 0.25) is 5.91 Å². The average molecular weight is 382 g/mol. The third-order valence-corrected chi connectivity index (χ3v) is 6.19. The fourth-order valence-electron chi connectivity index (χ4n) is 3.50. The van der Waals surface area contributed by atoms with E-state index >= 15 is 0 Å². The highest BCUT2D eigenvalue weighted by Gasteiger charge is 2.26. The summed E-state index contributed by atoms with van der Waals surface area (Å²) in [6.07, 6.45) is 0. The predicted octanol–water partition coefficient (Wildman–Crippen LogP) is 2.66. The molecule has 4 rings (SSSR count). The Kier molecular flexibility index (Phi) is 4.80. The molecule has 27 heavy (non-hydrogen) atoms. The van der Waals surface area contributed by atoms with E-state index in [1.165, 1.54) is 10.4 Å². The zero-order chi connectivity index (χ0) is 19.0. The molecule has 140 valence electrons. The molecule has 1 aliphatic rings. The van der Waals surface area contributed by atoms with Gasteiger partial charge >= 0.3 is 0 Å². The van der Waals surface area contributed by atoms with E-state index in [1.807, 2.05) is 19.9 Å². The molecule has 1 fully saturated rings. The SMILES string of the molecule is Cc1nc(N2CCN(C(C)C(N)=O)CC2)c2cc(-c3ccccc3)sc2n1. The molecule has 0 aliphatic carbocycles. The van der Waals surface area contributed by atoms with Crippen LogP contribution >= 0.6 is 11.3 Å². The van der Waals surface area contributed by atoms with Crippen LogP contribution in [0.3, 0.4) is 0 Å². The van der Waals surface area contributed by atoms with Crippen LogP contribution in [0.15, 0.2) is 36.4 Å². The lowest BCUT2D eigenvalue weighted by Gasteiger charge is -2.37. The molecule has 3 heterocycles. The number of aryl methyl sites for hydroxylation is 1. The van der Waals surface area contributed by atoms with Gasteiger partial charge in [-0.15, -0.1) is 11.3 Å². The van der Waals surface area contributed by atoms with E-state index in [2.05, 4.69) is 45.1 Å². The van der Waals surface area contributed by atoms with Gasteiger partial charge in [-0.2, -0.15) is 0 Å². The molecule has 7 heteroatoms. The second-order valence-corrected chi connectivity index (χ2v) is 7.92. The number of piperazine rings is 1. The van der Waals surface area contributed by atoms with Gasteiger partial charge in [0.25, 0.3) is 0 Å². The summed E-state index contributed by atoms with van der Waals surface area (Å²) in [7, 11) is 0. The van der Waals surface area contributed by atoms with Crippen LogP contribution in [0.1, 0.15) is 12.7 Å². The lowest BCUT2D eigenvalue weighted by molar-refractivity contribution is -0.122. The summed E-state index contributed by atoms with van der Waals surface area (Å²) in [5.74, 6) is 1.50.